The van der Waals surface area contributed by atoms with E-state index in [4.69, 9.17) is 0 Å². The van der Waals surface area contributed by atoms with Gasteiger partial charge in [-0.1, -0.05) is 291 Å². The molecule has 0 amide bonds. The van der Waals surface area contributed by atoms with Gasteiger partial charge in [-0.05, 0) is 170 Å². The average Bonchev–Trinajstić information content (AvgIpc) is 1.50. The van der Waals surface area contributed by atoms with Gasteiger partial charge < -0.3 is 9.80 Å². The normalized spacial score (nSPS) is 13.6. The lowest BCUT2D eigenvalue weighted by atomic mass is 9.70. The summed E-state index contributed by atoms with van der Waals surface area (Å²) < 4.78 is 0. The monoisotopic (exact) mass is 1160 g/mol. The summed E-state index contributed by atoms with van der Waals surface area (Å²) in [6.07, 6.45) is 0. The van der Waals surface area contributed by atoms with Crippen LogP contribution in [-0.2, 0) is 10.8 Å². The summed E-state index contributed by atoms with van der Waals surface area (Å²) in [6, 6.07) is 128. The molecule has 0 unspecified atom stereocenters. The van der Waals surface area contributed by atoms with Gasteiger partial charge in [0.1, 0.15) is 0 Å². The Morgan fingerprint density at radius 2 is 0.489 bits per heavy atom. The van der Waals surface area contributed by atoms with Crippen LogP contribution in [0.15, 0.2) is 340 Å². The average molecular weight is 1170 g/mol. The maximum Gasteiger partial charge on any atom is 0.0726 e. The molecule has 2 heteroatoms. The van der Waals surface area contributed by atoms with Gasteiger partial charge >= 0.3 is 0 Å². The first-order chi connectivity index (χ1) is 45.7. The molecule has 0 aliphatic heterocycles. The zero-order chi connectivity index (χ0) is 60.2. The highest BCUT2D eigenvalue weighted by molar-refractivity contribution is 6.28. The van der Waals surface area contributed by atoms with Gasteiger partial charge in [-0.2, -0.15) is 0 Å². The summed E-state index contributed by atoms with van der Waals surface area (Å²) in [5, 5.41) is 7.26. The van der Waals surface area contributed by atoms with Crippen molar-refractivity contribution in [1.29, 1.82) is 0 Å². The van der Waals surface area contributed by atoms with Crippen LogP contribution < -0.4 is 9.80 Å². The van der Waals surface area contributed by atoms with Crippen molar-refractivity contribution in [1.82, 2.24) is 0 Å². The number of fused-ring (bicyclic) bond motifs is 20. The maximum atomic E-state index is 2.59. The minimum absolute atomic E-state index is 0.508. The van der Waals surface area contributed by atoms with E-state index >= 15 is 0 Å². The van der Waals surface area contributed by atoms with E-state index in [2.05, 4.69) is 350 Å². The van der Waals surface area contributed by atoms with Crippen LogP contribution in [0.3, 0.4) is 0 Å². The van der Waals surface area contributed by atoms with Crippen LogP contribution in [0.1, 0.15) is 44.5 Å². The van der Waals surface area contributed by atoms with Gasteiger partial charge in [0, 0.05) is 33.3 Å². The highest BCUT2D eigenvalue weighted by Gasteiger charge is 2.54. The quantitative estimate of drug-likeness (QED) is 0.140. The molecule has 92 heavy (non-hydrogen) atoms. The molecule has 0 fully saturated rings. The Hall–Kier alpha value is -11.8. The molecule has 16 aromatic carbocycles. The van der Waals surface area contributed by atoms with E-state index in [0.29, 0.717) is 0 Å². The van der Waals surface area contributed by atoms with Gasteiger partial charge in [0.25, 0.3) is 0 Å². The predicted molar refractivity (Wildman–Crippen MR) is 383 cm³/mol. The molecule has 0 saturated carbocycles. The second kappa shape index (κ2) is 19.3. The van der Waals surface area contributed by atoms with Gasteiger partial charge in [-0.15, -0.1) is 0 Å². The lowest BCUT2D eigenvalue weighted by Gasteiger charge is -2.33. The van der Waals surface area contributed by atoms with Gasteiger partial charge in [-0.3, -0.25) is 0 Å². The molecular formula is C90H56N2. The number of hydrogen-bond donors (Lipinski definition) is 0. The van der Waals surface area contributed by atoms with E-state index in [1.54, 1.807) is 0 Å². The predicted octanol–water partition coefficient (Wildman–Crippen LogP) is 23.5. The topological polar surface area (TPSA) is 6.48 Å². The molecule has 426 valence electrons. The standard InChI is InChI=1S/C90H56N2/c1-3-23-57(24-4-1)61-27-19-29-63(55-61)91(83-45-21-43-79-87(83)69-35-11-17-41-77(69)89(79)73-37-13-7-31-65(73)66-32-8-14-38-74(66)89)81-53-49-59-48-52-72-82(54-50-60-47-51-71(81)85(59)86(60)72)92(64-30-20-28-62(56-64)58-25-5-2-6-26-58)84-46-22-44-80-88(84)70-36-12-18-42-78(70)90(80)75-39-15-9-33-67(75)68-34-10-16-40-76(68)90/h1-56H. The lowest BCUT2D eigenvalue weighted by Crippen LogP contribution is -2.26. The van der Waals surface area contributed by atoms with Crippen LogP contribution in [0.5, 0.6) is 0 Å². The van der Waals surface area contributed by atoms with E-state index in [1.165, 1.54) is 132 Å². The smallest absolute Gasteiger partial charge is 0.0726 e. The van der Waals surface area contributed by atoms with Gasteiger partial charge in [0.2, 0.25) is 0 Å². The summed E-state index contributed by atoms with van der Waals surface area (Å²) in [4.78, 5) is 5.17. The van der Waals surface area contributed by atoms with Crippen molar-refractivity contribution < 1.29 is 0 Å². The molecule has 0 heterocycles. The Kier molecular flexibility index (Phi) is 10.7. The van der Waals surface area contributed by atoms with E-state index in [-0.39, 0.29) is 0 Å². The molecule has 0 radical (unpaired) electrons. The highest BCUT2D eigenvalue weighted by atomic mass is 15.2. The third-order valence-corrected chi connectivity index (χ3v) is 21.0. The van der Waals surface area contributed by atoms with Crippen LogP contribution >= 0.6 is 0 Å². The largest absolute Gasteiger partial charge is 0.309 e. The molecule has 0 N–H and O–H groups in total. The lowest BCUT2D eigenvalue weighted by molar-refractivity contribution is 0.794. The van der Waals surface area contributed by atoms with Crippen LogP contribution in [0.4, 0.5) is 34.1 Å². The van der Waals surface area contributed by atoms with Gasteiger partial charge in [0.05, 0.1) is 33.6 Å². The van der Waals surface area contributed by atoms with E-state index in [0.717, 1.165) is 45.3 Å². The summed E-state index contributed by atoms with van der Waals surface area (Å²) in [5.41, 5.74) is 31.2. The molecule has 2 nitrogen and oxygen atoms in total. The van der Waals surface area contributed by atoms with Crippen LogP contribution in [0.25, 0.3) is 99.1 Å². The van der Waals surface area contributed by atoms with Gasteiger partial charge in [0.15, 0.2) is 0 Å². The van der Waals surface area contributed by atoms with E-state index < -0.39 is 10.8 Å². The molecule has 4 aliphatic carbocycles. The Labute approximate surface area is 534 Å². The number of benzene rings is 16. The Morgan fingerprint density at radius 3 is 0.870 bits per heavy atom. The van der Waals surface area contributed by atoms with Crippen molar-refractivity contribution in [2.45, 2.75) is 10.8 Å². The number of rotatable bonds is 8. The maximum absolute atomic E-state index is 2.59. The van der Waals surface area contributed by atoms with Crippen molar-refractivity contribution in [3.8, 4) is 66.8 Å². The summed E-state index contributed by atoms with van der Waals surface area (Å²) in [6.45, 7) is 0. The summed E-state index contributed by atoms with van der Waals surface area (Å²) >= 11 is 0. The van der Waals surface area contributed by atoms with Crippen molar-refractivity contribution >= 4 is 66.4 Å². The fourth-order valence-corrected chi connectivity index (χ4v) is 17.5. The molecule has 2 spiro atoms. The second-order valence-electron chi connectivity index (χ2n) is 25.3. The zero-order valence-electron chi connectivity index (χ0n) is 50.2. The summed E-state index contributed by atoms with van der Waals surface area (Å²) in [7, 11) is 0. The first-order valence-corrected chi connectivity index (χ1v) is 32.2. The molecule has 0 saturated heterocycles. The highest BCUT2D eigenvalue weighted by Crippen LogP contribution is 2.67. The first kappa shape index (κ1) is 51.1. The Balaban J connectivity index is 0.849. The number of anilines is 6. The van der Waals surface area contributed by atoms with Crippen molar-refractivity contribution in [3.05, 3.63) is 384 Å². The van der Waals surface area contributed by atoms with E-state index in [1.807, 2.05) is 0 Å². The molecular weight excluding hydrogens is 1110 g/mol. The second-order valence-corrected chi connectivity index (χ2v) is 25.3. The number of nitrogens with zero attached hydrogens (tertiary/aromatic N) is 2. The van der Waals surface area contributed by atoms with Crippen molar-refractivity contribution in [3.63, 3.8) is 0 Å². The Bertz CT molecular complexity index is 5290. The zero-order valence-corrected chi connectivity index (χ0v) is 50.2. The third kappa shape index (κ3) is 6.77. The number of hydrogen-bond acceptors (Lipinski definition) is 2. The molecule has 16 aromatic rings. The van der Waals surface area contributed by atoms with Crippen LogP contribution in [-0.4, -0.2) is 0 Å². The summed E-state index contributed by atoms with van der Waals surface area (Å²) in [5.74, 6) is 0. The third-order valence-electron chi connectivity index (χ3n) is 21.0. The van der Waals surface area contributed by atoms with Crippen molar-refractivity contribution in [2.24, 2.45) is 0 Å². The molecule has 0 aromatic heterocycles. The molecule has 0 bridgehead atoms. The van der Waals surface area contributed by atoms with E-state index in [9.17, 15) is 0 Å². The molecule has 0 atom stereocenters. The Morgan fingerprint density at radius 1 is 0.196 bits per heavy atom. The van der Waals surface area contributed by atoms with Crippen molar-refractivity contribution in [2.75, 3.05) is 9.80 Å². The van der Waals surface area contributed by atoms with Gasteiger partial charge in [-0.25, -0.2) is 0 Å². The molecule has 4 aliphatic rings. The fourth-order valence-electron chi connectivity index (χ4n) is 17.5. The molecule has 20 rings (SSSR count). The fraction of sp³-hybridized carbons (Fsp3) is 0.0222. The van der Waals surface area contributed by atoms with Crippen LogP contribution in [0.2, 0.25) is 0 Å². The SMILES string of the molecule is c1ccc(-c2cccc(N(c3cccc4c3-c3ccccc3C43c4ccccc4-c4ccccc43)c3ccc4ccc5c(N(c6cccc(-c7ccccc7)c6)c6cccc7c6-c6ccccc6C76c7ccccc7-c7ccccc76)ccc6ccc3c4c65)c2)cc1. The van der Waals surface area contributed by atoms with Crippen LogP contribution in [0, 0.1) is 0 Å². The first-order valence-electron chi connectivity index (χ1n) is 32.2. The minimum atomic E-state index is -0.508. The minimum Gasteiger partial charge on any atom is -0.309 e.